The molecular weight excluding hydrogens is 380 g/mol. The van der Waals surface area contributed by atoms with E-state index >= 15 is 0 Å². The van der Waals surface area contributed by atoms with Crippen molar-refractivity contribution < 1.29 is 14.3 Å². The van der Waals surface area contributed by atoms with Crippen LogP contribution in [0, 0.1) is 5.92 Å². The minimum absolute atomic E-state index is 0.0185. The Balaban J connectivity index is 2.12. The van der Waals surface area contributed by atoms with Crippen molar-refractivity contribution >= 4 is 17.6 Å². The number of aromatic nitrogens is 1. The van der Waals surface area contributed by atoms with Crippen LogP contribution in [0.5, 0.6) is 5.75 Å². The number of ether oxygens (including phenoxy) is 1. The van der Waals surface area contributed by atoms with Gasteiger partial charge in [0.1, 0.15) is 12.3 Å². The minimum Gasteiger partial charge on any atom is -0.497 e. The summed E-state index contributed by atoms with van der Waals surface area (Å²) in [6, 6.07) is 10.7. The molecule has 2 rings (SSSR count). The van der Waals surface area contributed by atoms with E-state index in [2.05, 4.69) is 19.2 Å². The van der Waals surface area contributed by atoms with Gasteiger partial charge in [0.2, 0.25) is 5.91 Å². The second kappa shape index (κ2) is 10.7. The molecule has 1 heterocycles. The van der Waals surface area contributed by atoms with Crippen molar-refractivity contribution in [3.8, 4) is 5.75 Å². The maximum Gasteiger partial charge on any atom is 0.322 e. The van der Waals surface area contributed by atoms with E-state index in [0.29, 0.717) is 30.4 Å². The number of carbonyl (C=O) groups is 2. The van der Waals surface area contributed by atoms with Crippen LogP contribution in [0.4, 0.5) is 10.5 Å². The zero-order valence-corrected chi connectivity index (χ0v) is 18.9. The van der Waals surface area contributed by atoms with Gasteiger partial charge < -0.3 is 24.4 Å². The number of benzene rings is 1. The van der Waals surface area contributed by atoms with Crippen LogP contribution in [0.3, 0.4) is 0 Å². The number of methoxy groups -OCH3 is 1. The molecule has 0 aliphatic carbocycles. The van der Waals surface area contributed by atoms with Crippen LogP contribution < -0.4 is 10.1 Å². The van der Waals surface area contributed by atoms with E-state index in [-0.39, 0.29) is 24.5 Å². The highest BCUT2D eigenvalue weighted by molar-refractivity contribution is 5.92. The van der Waals surface area contributed by atoms with Crippen LogP contribution >= 0.6 is 0 Å². The van der Waals surface area contributed by atoms with Crippen molar-refractivity contribution in [2.24, 2.45) is 13.0 Å². The lowest BCUT2D eigenvalue weighted by Gasteiger charge is -2.31. The molecular formula is C23H34N4O3. The van der Waals surface area contributed by atoms with Crippen molar-refractivity contribution in [1.29, 1.82) is 0 Å². The summed E-state index contributed by atoms with van der Waals surface area (Å²) in [6.45, 7) is 9.15. The van der Waals surface area contributed by atoms with Gasteiger partial charge in [0.25, 0.3) is 0 Å². The second-order valence-corrected chi connectivity index (χ2v) is 8.16. The molecule has 1 N–H and O–H groups in total. The van der Waals surface area contributed by atoms with E-state index in [1.165, 1.54) is 0 Å². The topological polar surface area (TPSA) is 66.8 Å². The lowest BCUT2D eigenvalue weighted by Crippen LogP contribution is -2.48. The van der Waals surface area contributed by atoms with Gasteiger partial charge in [-0.3, -0.25) is 4.79 Å². The Hall–Kier alpha value is -2.96. The third-order valence-corrected chi connectivity index (χ3v) is 4.85. The summed E-state index contributed by atoms with van der Waals surface area (Å²) in [7, 11) is 3.55. The quantitative estimate of drug-likeness (QED) is 0.675. The lowest BCUT2D eigenvalue weighted by atomic mass is 10.2. The van der Waals surface area contributed by atoms with E-state index in [9.17, 15) is 9.59 Å². The number of aryl methyl sites for hydroxylation is 1. The number of rotatable bonds is 9. The largest absolute Gasteiger partial charge is 0.497 e. The molecule has 30 heavy (non-hydrogen) atoms. The summed E-state index contributed by atoms with van der Waals surface area (Å²) in [5.74, 6) is 0.914. The molecule has 0 atom stereocenters. The Bertz CT molecular complexity index is 844. The van der Waals surface area contributed by atoms with E-state index in [0.717, 1.165) is 5.69 Å². The number of hydrogen-bond donors (Lipinski definition) is 1. The summed E-state index contributed by atoms with van der Waals surface area (Å²) in [6.07, 6.45) is 1.97. The first-order valence-corrected chi connectivity index (χ1v) is 10.3. The highest BCUT2D eigenvalue weighted by atomic mass is 16.5. The highest BCUT2D eigenvalue weighted by Gasteiger charge is 2.24. The van der Waals surface area contributed by atoms with Crippen LogP contribution in [0.2, 0.25) is 0 Å². The molecule has 164 valence electrons. The molecule has 1 aromatic heterocycles. The van der Waals surface area contributed by atoms with E-state index in [1.807, 2.05) is 60.8 Å². The first kappa shape index (κ1) is 23.3. The SMILES string of the molecule is COc1cccc(NC(=O)N(CC(=O)N(Cc2cccn2C)CC(C)C)C(C)C)c1. The predicted molar refractivity (Wildman–Crippen MR) is 120 cm³/mol. The second-order valence-electron chi connectivity index (χ2n) is 8.16. The molecule has 0 fully saturated rings. The van der Waals surface area contributed by atoms with Crippen LogP contribution in [0.15, 0.2) is 42.6 Å². The zero-order valence-electron chi connectivity index (χ0n) is 18.9. The third-order valence-electron chi connectivity index (χ3n) is 4.85. The normalized spacial score (nSPS) is 10.9. The van der Waals surface area contributed by atoms with E-state index in [1.54, 1.807) is 24.1 Å². The summed E-state index contributed by atoms with van der Waals surface area (Å²) in [4.78, 5) is 29.5. The molecule has 7 heteroatoms. The minimum atomic E-state index is -0.310. The zero-order chi connectivity index (χ0) is 22.3. The fourth-order valence-electron chi connectivity index (χ4n) is 3.18. The van der Waals surface area contributed by atoms with Gasteiger partial charge in [0.05, 0.1) is 13.7 Å². The van der Waals surface area contributed by atoms with Gasteiger partial charge in [-0.05, 0) is 44.0 Å². The van der Waals surface area contributed by atoms with Gasteiger partial charge in [0, 0.05) is 43.3 Å². The molecule has 2 aromatic rings. The van der Waals surface area contributed by atoms with Crippen LogP contribution in [-0.4, -0.2) is 52.5 Å². The van der Waals surface area contributed by atoms with Crippen molar-refractivity contribution in [2.45, 2.75) is 40.3 Å². The maximum atomic E-state index is 13.2. The average molecular weight is 415 g/mol. The fourth-order valence-corrected chi connectivity index (χ4v) is 3.18. The predicted octanol–water partition coefficient (Wildman–Crippen LogP) is 3.96. The average Bonchev–Trinajstić information content (AvgIpc) is 3.09. The smallest absolute Gasteiger partial charge is 0.322 e. The molecule has 0 aliphatic rings. The Morgan fingerprint density at radius 1 is 1.13 bits per heavy atom. The number of hydrogen-bond acceptors (Lipinski definition) is 3. The van der Waals surface area contributed by atoms with Gasteiger partial charge >= 0.3 is 6.03 Å². The standard InChI is InChI=1S/C23H34N4O3/c1-17(2)14-26(15-20-10-8-12-25(20)5)22(28)16-27(18(3)4)23(29)24-19-9-7-11-21(13-19)30-6/h7-13,17-18H,14-16H2,1-6H3,(H,24,29). The number of amides is 3. The molecule has 3 amide bonds. The van der Waals surface area contributed by atoms with Gasteiger partial charge in [-0.1, -0.05) is 19.9 Å². The Morgan fingerprint density at radius 2 is 1.87 bits per heavy atom. The summed E-state index contributed by atoms with van der Waals surface area (Å²) < 4.78 is 7.22. The highest BCUT2D eigenvalue weighted by Crippen LogP contribution is 2.18. The molecule has 0 aliphatic heterocycles. The number of anilines is 1. The number of nitrogens with one attached hydrogen (secondary N) is 1. The Morgan fingerprint density at radius 3 is 2.43 bits per heavy atom. The van der Waals surface area contributed by atoms with Gasteiger partial charge in [-0.15, -0.1) is 0 Å². The first-order valence-electron chi connectivity index (χ1n) is 10.3. The summed E-state index contributed by atoms with van der Waals surface area (Å²) >= 11 is 0. The molecule has 1 aromatic carbocycles. The summed E-state index contributed by atoms with van der Waals surface area (Å²) in [5, 5.41) is 2.87. The monoisotopic (exact) mass is 414 g/mol. The van der Waals surface area contributed by atoms with Crippen LogP contribution in [0.1, 0.15) is 33.4 Å². The fraction of sp³-hybridized carbons (Fsp3) is 0.478. The lowest BCUT2D eigenvalue weighted by molar-refractivity contribution is -0.133. The van der Waals surface area contributed by atoms with Gasteiger partial charge in [0.15, 0.2) is 0 Å². The molecule has 0 saturated heterocycles. The van der Waals surface area contributed by atoms with Crippen molar-refractivity contribution in [3.63, 3.8) is 0 Å². The number of carbonyl (C=O) groups excluding carboxylic acids is 2. The van der Waals surface area contributed by atoms with Gasteiger partial charge in [-0.25, -0.2) is 4.79 Å². The number of urea groups is 1. The van der Waals surface area contributed by atoms with Crippen molar-refractivity contribution in [2.75, 3.05) is 25.5 Å². The Labute approximate surface area is 179 Å². The molecule has 7 nitrogen and oxygen atoms in total. The van der Waals surface area contributed by atoms with Crippen molar-refractivity contribution in [3.05, 3.63) is 48.3 Å². The molecule has 0 saturated carbocycles. The molecule has 0 bridgehead atoms. The van der Waals surface area contributed by atoms with Crippen LogP contribution in [0.25, 0.3) is 0 Å². The molecule has 0 spiro atoms. The van der Waals surface area contributed by atoms with Crippen LogP contribution in [-0.2, 0) is 18.4 Å². The molecule has 0 unspecified atom stereocenters. The number of nitrogens with zero attached hydrogens (tertiary/aromatic N) is 3. The maximum absolute atomic E-state index is 13.2. The Kier molecular flexibility index (Phi) is 8.33. The van der Waals surface area contributed by atoms with Crippen molar-refractivity contribution in [1.82, 2.24) is 14.4 Å². The third kappa shape index (κ3) is 6.54. The van der Waals surface area contributed by atoms with Gasteiger partial charge in [-0.2, -0.15) is 0 Å². The summed E-state index contributed by atoms with van der Waals surface area (Å²) in [5.41, 5.74) is 1.68. The first-order chi connectivity index (χ1) is 14.2. The van der Waals surface area contributed by atoms with E-state index < -0.39 is 0 Å². The van der Waals surface area contributed by atoms with E-state index in [4.69, 9.17) is 4.74 Å². The molecule has 0 radical (unpaired) electrons.